The van der Waals surface area contributed by atoms with Gasteiger partial charge in [0, 0.05) is 22.9 Å². The summed E-state index contributed by atoms with van der Waals surface area (Å²) >= 11 is 5.89. The first kappa shape index (κ1) is 29.3. The molecule has 29 heavy (non-hydrogen) atoms. The molecule has 8 nitrogen and oxygen atoms in total. The Labute approximate surface area is 196 Å². The van der Waals surface area contributed by atoms with Gasteiger partial charge in [-0.3, -0.25) is 14.2 Å². The number of esters is 1. The van der Waals surface area contributed by atoms with E-state index in [1.807, 2.05) is 0 Å². The fourth-order valence-electron chi connectivity index (χ4n) is 2.75. The van der Waals surface area contributed by atoms with E-state index in [-0.39, 0.29) is 53.3 Å². The molecule has 0 amide bonds. The van der Waals surface area contributed by atoms with Crippen LogP contribution in [-0.2, 0) is 4.79 Å². The van der Waals surface area contributed by atoms with Gasteiger partial charge in [0.05, 0.1) is 18.3 Å². The van der Waals surface area contributed by atoms with Crippen LogP contribution in [0.1, 0.15) is 24.4 Å². The monoisotopic (exact) mass is 435 g/mol. The molecule has 10 heteroatoms. The Hall–Kier alpha value is -1.91. The normalized spacial score (nSPS) is 9.24. The third-order valence-corrected chi connectivity index (χ3v) is 4.15. The molecule has 0 aliphatic rings. The molecule has 0 fully saturated rings. The number of hydrogen-bond donors (Lipinski definition) is 0. The van der Waals surface area contributed by atoms with Gasteiger partial charge in [0.15, 0.2) is 5.75 Å². The number of benzene rings is 2. The van der Waals surface area contributed by atoms with Crippen molar-refractivity contribution in [1.82, 2.24) is 4.57 Å². The van der Waals surface area contributed by atoms with E-state index in [9.17, 15) is 9.59 Å². The summed E-state index contributed by atoms with van der Waals surface area (Å²) in [6.07, 6.45) is 0. The number of hydrogen-bond acceptors (Lipinski definition) is 4. The molecule has 2 aromatic carbocycles. The van der Waals surface area contributed by atoms with Crippen molar-refractivity contribution in [3.63, 3.8) is 0 Å². The van der Waals surface area contributed by atoms with E-state index >= 15 is 0 Å². The zero-order valence-electron chi connectivity index (χ0n) is 17.5. The van der Waals surface area contributed by atoms with Crippen LogP contribution < -0.4 is 39.0 Å². The first-order valence-electron chi connectivity index (χ1n) is 7.60. The van der Waals surface area contributed by atoms with E-state index in [0.717, 1.165) is 0 Å². The van der Waals surface area contributed by atoms with Gasteiger partial charge in [0.25, 0.3) is 5.91 Å². The molecule has 1 heterocycles. The number of nitrogens with zero attached hydrogens (tertiary/aromatic N) is 1. The Bertz CT molecular complexity index is 993. The Balaban J connectivity index is -0.00000146. The van der Waals surface area contributed by atoms with Gasteiger partial charge in [0.2, 0.25) is 0 Å². The van der Waals surface area contributed by atoms with E-state index in [4.69, 9.17) is 21.1 Å². The summed E-state index contributed by atoms with van der Waals surface area (Å²) in [5.74, 6) is 0.271. The first-order chi connectivity index (χ1) is 11.9. The minimum Gasteiger partial charge on any atom is -1.00 e. The summed E-state index contributed by atoms with van der Waals surface area (Å²) in [6, 6.07) is 11.9. The summed E-state index contributed by atoms with van der Waals surface area (Å²) in [5.41, 5.74) is 1.66. The zero-order chi connectivity index (χ0) is 18.1. The van der Waals surface area contributed by atoms with Gasteiger partial charge in [-0.1, -0.05) is 11.6 Å². The van der Waals surface area contributed by atoms with Crippen LogP contribution >= 0.6 is 11.6 Å². The minimum atomic E-state index is -0.455. The number of aromatic nitrogens is 1. The Morgan fingerprint density at radius 1 is 1.03 bits per heavy atom. The maximum Gasteiger partial charge on any atom is 1.00 e. The number of rotatable bonds is 3. The van der Waals surface area contributed by atoms with Crippen molar-refractivity contribution >= 4 is 34.4 Å². The van der Waals surface area contributed by atoms with Crippen molar-refractivity contribution in [2.24, 2.45) is 0 Å². The Morgan fingerprint density at radius 2 is 1.62 bits per heavy atom. The van der Waals surface area contributed by atoms with Gasteiger partial charge in [-0.25, -0.2) is 0 Å². The molecular formula is C19H23ClNNaO7. The summed E-state index contributed by atoms with van der Waals surface area (Å²) in [4.78, 5) is 24.5. The molecule has 1 aromatic heterocycles. The average Bonchev–Trinajstić information content (AvgIpc) is 2.86. The van der Waals surface area contributed by atoms with E-state index in [2.05, 4.69) is 0 Å². The van der Waals surface area contributed by atoms with E-state index in [0.29, 0.717) is 38.7 Å². The van der Waals surface area contributed by atoms with Gasteiger partial charge in [-0.15, -0.1) is 0 Å². The van der Waals surface area contributed by atoms with Crippen LogP contribution in [0, 0.1) is 6.92 Å². The van der Waals surface area contributed by atoms with Gasteiger partial charge < -0.3 is 27.3 Å². The molecule has 0 spiro atoms. The predicted molar refractivity (Wildman–Crippen MR) is 108 cm³/mol. The smallest absolute Gasteiger partial charge is 1.00 e. The second-order valence-corrected chi connectivity index (χ2v) is 5.98. The van der Waals surface area contributed by atoms with E-state index in [1.165, 1.54) is 11.5 Å². The maximum absolute atomic E-state index is 13.0. The summed E-state index contributed by atoms with van der Waals surface area (Å²) in [5, 5.41) is 1.19. The zero-order valence-corrected chi connectivity index (χ0v) is 19.3. The predicted octanol–water partition coefficient (Wildman–Crippen LogP) is -1.13. The standard InChI is InChI=1S/C19H16ClNO4.Na.3H2O.H/c1-11-18(25-12(2)22)16-10-15(24-3)8-9-17(16)21(11)19(23)13-4-6-14(20)7-5-13;;;;;/h4-10H,1-3H3;;3*1H2;/q;+1;;;;-1. The third-order valence-electron chi connectivity index (χ3n) is 3.89. The quantitative estimate of drug-likeness (QED) is 0.377. The van der Waals surface area contributed by atoms with Crippen molar-refractivity contribution < 1.29 is 66.5 Å². The molecule has 0 aliphatic carbocycles. The fourth-order valence-corrected chi connectivity index (χ4v) is 2.88. The van der Waals surface area contributed by atoms with Crippen molar-refractivity contribution in [3.8, 4) is 11.5 Å². The molecule has 3 rings (SSSR count). The molecule has 0 saturated carbocycles. The number of methoxy groups -OCH3 is 1. The molecule has 0 unspecified atom stereocenters. The third kappa shape index (κ3) is 5.80. The molecule has 3 aromatic rings. The average molecular weight is 436 g/mol. The second-order valence-electron chi connectivity index (χ2n) is 5.54. The number of halogens is 1. The van der Waals surface area contributed by atoms with Crippen LogP contribution in [0.3, 0.4) is 0 Å². The summed E-state index contributed by atoms with van der Waals surface area (Å²) < 4.78 is 12.1. The van der Waals surface area contributed by atoms with Crippen molar-refractivity contribution in [1.29, 1.82) is 0 Å². The number of fused-ring (bicyclic) bond motifs is 1. The molecule has 0 aliphatic heterocycles. The Kier molecular flexibility index (Phi) is 12.1. The van der Waals surface area contributed by atoms with Crippen LogP contribution in [0.4, 0.5) is 0 Å². The van der Waals surface area contributed by atoms with Crippen LogP contribution in [-0.4, -0.2) is 40.0 Å². The summed E-state index contributed by atoms with van der Waals surface area (Å²) in [6.45, 7) is 3.06. The van der Waals surface area contributed by atoms with Crippen LogP contribution in [0.15, 0.2) is 42.5 Å². The first-order valence-corrected chi connectivity index (χ1v) is 7.98. The molecule has 6 N–H and O–H groups in total. The molecule has 154 valence electrons. The van der Waals surface area contributed by atoms with Crippen LogP contribution in [0.25, 0.3) is 10.9 Å². The number of ether oxygens (including phenoxy) is 2. The van der Waals surface area contributed by atoms with Gasteiger partial charge in [-0.05, 0) is 49.4 Å². The number of carbonyl (C=O) groups is 2. The maximum atomic E-state index is 13.0. The van der Waals surface area contributed by atoms with Crippen molar-refractivity contribution in [3.05, 3.63) is 58.7 Å². The Morgan fingerprint density at radius 3 is 2.14 bits per heavy atom. The SMILES string of the molecule is COc1ccc2c(c1)c(OC(C)=O)c(C)n2C(=O)c1ccc(Cl)cc1.O.O.O.[H-].[Na+]. The fraction of sp³-hybridized carbons (Fsp3) is 0.158. The van der Waals surface area contributed by atoms with E-state index in [1.54, 1.807) is 56.5 Å². The van der Waals surface area contributed by atoms with E-state index < -0.39 is 5.97 Å². The number of carbonyl (C=O) groups excluding carboxylic acids is 2. The second kappa shape index (κ2) is 11.9. The van der Waals surface area contributed by atoms with Crippen molar-refractivity contribution in [2.45, 2.75) is 13.8 Å². The molecule has 0 bridgehead atoms. The molecular weight excluding hydrogens is 413 g/mol. The molecule has 0 radical (unpaired) electrons. The van der Waals surface area contributed by atoms with Crippen LogP contribution in [0.2, 0.25) is 5.02 Å². The largest absolute Gasteiger partial charge is 1.00 e. The summed E-state index contributed by atoms with van der Waals surface area (Å²) in [7, 11) is 1.55. The van der Waals surface area contributed by atoms with Crippen LogP contribution in [0.5, 0.6) is 11.5 Å². The topological polar surface area (TPSA) is 152 Å². The molecule has 0 saturated heterocycles. The minimum absolute atomic E-state index is 0. The van der Waals surface area contributed by atoms with Gasteiger partial charge in [-0.2, -0.15) is 0 Å². The van der Waals surface area contributed by atoms with Gasteiger partial charge >= 0.3 is 35.5 Å². The van der Waals surface area contributed by atoms with Crippen molar-refractivity contribution in [2.75, 3.05) is 7.11 Å². The van der Waals surface area contributed by atoms with Gasteiger partial charge in [0.1, 0.15) is 5.75 Å². The molecule has 0 atom stereocenters.